The number of hydrogen-bond acceptors (Lipinski definition) is 4. The average Bonchev–Trinajstić information content (AvgIpc) is 2.86. The lowest BCUT2D eigenvalue weighted by molar-refractivity contribution is -0.0102. The van der Waals surface area contributed by atoms with Crippen LogP contribution < -0.4 is 15.2 Å². The Morgan fingerprint density at radius 3 is 2.67 bits per heavy atom. The van der Waals surface area contributed by atoms with Gasteiger partial charge in [0.15, 0.2) is 0 Å². The summed E-state index contributed by atoms with van der Waals surface area (Å²) in [6.07, 6.45) is 0.0777. The summed E-state index contributed by atoms with van der Waals surface area (Å²) in [5.74, 6) is -2.02. The van der Waals surface area contributed by atoms with Gasteiger partial charge in [0.1, 0.15) is 11.5 Å². The summed E-state index contributed by atoms with van der Waals surface area (Å²) in [6.45, 7) is 2.56. The van der Waals surface area contributed by atoms with Gasteiger partial charge in [-0.3, -0.25) is 4.79 Å². The normalized spacial score (nSPS) is 16.5. The lowest BCUT2D eigenvalue weighted by atomic mass is 10.0. The number of aromatic amines is 1. The molecule has 2 aromatic heterocycles. The molecule has 5 nitrogen and oxygen atoms in total. The van der Waals surface area contributed by atoms with Gasteiger partial charge in [-0.25, -0.2) is 13.8 Å². The van der Waals surface area contributed by atoms with Crippen LogP contribution >= 0.6 is 0 Å². The van der Waals surface area contributed by atoms with Crippen molar-refractivity contribution in [2.24, 2.45) is 0 Å². The predicted molar refractivity (Wildman–Crippen MR) is 118 cm³/mol. The van der Waals surface area contributed by atoms with Gasteiger partial charge in [0.05, 0.1) is 11.2 Å². The molecule has 1 saturated heterocycles. The second kappa shape index (κ2) is 7.70. The van der Waals surface area contributed by atoms with E-state index in [1.807, 2.05) is 56.3 Å². The molecule has 7 heteroatoms. The Balaban J connectivity index is 1.96. The zero-order chi connectivity index (χ0) is 21.5. The Morgan fingerprint density at radius 1 is 1.13 bits per heavy atom. The molecule has 1 aromatic carbocycles. The number of aromatic nitrogens is 2. The zero-order valence-corrected chi connectivity index (χ0v) is 17.5. The van der Waals surface area contributed by atoms with E-state index in [1.165, 1.54) is 0 Å². The number of nitrogens with zero attached hydrogens (tertiary/aromatic N) is 3. The lowest BCUT2D eigenvalue weighted by Gasteiger charge is -2.26. The summed E-state index contributed by atoms with van der Waals surface area (Å²) < 4.78 is 28.0. The topological polar surface area (TPSA) is 52.2 Å². The summed E-state index contributed by atoms with van der Waals surface area (Å²) in [5, 5.41) is 0.934. The second-order valence-corrected chi connectivity index (χ2v) is 8.18. The third kappa shape index (κ3) is 3.88. The number of hydrogen-bond donors (Lipinski definition) is 1. The molecular formula is C23H26F2N4O. The molecule has 0 amide bonds. The van der Waals surface area contributed by atoms with Crippen LogP contribution in [0.15, 0.2) is 41.2 Å². The van der Waals surface area contributed by atoms with E-state index in [9.17, 15) is 13.6 Å². The summed E-state index contributed by atoms with van der Waals surface area (Å²) >= 11 is 0. The molecule has 0 saturated carbocycles. The van der Waals surface area contributed by atoms with E-state index in [0.717, 1.165) is 22.2 Å². The Hall–Kier alpha value is -2.96. The van der Waals surface area contributed by atoms with Gasteiger partial charge < -0.3 is 14.8 Å². The number of H-pyrrole nitrogens is 1. The molecule has 4 rings (SSSR count). The number of pyridine rings is 2. The molecule has 1 aliphatic rings. The van der Waals surface area contributed by atoms with Crippen molar-refractivity contribution in [3.05, 3.63) is 52.3 Å². The van der Waals surface area contributed by atoms with Gasteiger partial charge in [0.25, 0.3) is 0 Å². The second-order valence-electron chi connectivity index (χ2n) is 8.18. The minimum Gasteiger partial charge on any atom is -0.373 e. The molecule has 3 heterocycles. The van der Waals surface area contributed by atoms with Crippen LogP contribution in [0.2, 0.25) is 0 Å². The van der Waals surface area contributed by atoms with E-state index in [0.29, 0.717) is 30.2 Å². The Bertz CT molecular complexity index is 1140. The fraction of sp³-hybridized carbons (Fsp3) is 0.391. The smallest absolute Gasteiger partial charge is 0.249 e. The van der Waals surface area contributed by atoms with Crippen LogP contribution in [-0.2, 0) is 0 Å². The molecular weight excluding hydrogens is 386 g/mol. The molecule has 30 heavy (non-hydrogen) atoms. The van der Waals surface area contributed by atoms with Crippen LogP contribution in [0.5, 0.6) is 0 Å². The van der Waals surface area contributed by atoms with E-state index in [4.69, 9.17) is 4.98 Å². The first kappa shape index (κ1) is 20.3. The van der Waals surface area contributed by atoms with Gasteiger partial charge in [0, 0.05) is 62.7 Å². The van der Waals surface area contributed by atoms with E-state index in [2.05, 4.69) is 4.98 Å². The van der Waals surface area contributed by atoms with Crippen molar-refractivity contribution < 1.29 is 8.78 Å². The van der Waals surface area contributed by atoms with Crippen LogP contribution in [0.25, 0.3) is 22.2 Å². The predicted octanol–water partition coefficient (Wildman–Crippen LogP) is 4.59. The molecule has 1 N–H and O–H groups in total. The Labute approximate surface area is 174 Å². The number of aryl methyl sites for hydroxylation is 1. The Kier molecular flexibility index (Phi) is 5.22. The highest BCUT2D eigenvalue weighted by Crippen LogP contribution is 2.37. The number of anilines is 2. The Morgan fingerprint density at radius 2 is 1.90 bits per heavy atom. The largest absolute Gasteiger partial charge is 0.373 e. The number of alkyl halides is 2. The maximum Gasteiger partial charge on any atom is 0.249 e. The first-order valence-corrected chi connectivity index (χ1v) is 10.2. The number of halogens is 2. The van der Waals surface area contributed by atoms with Gasteiger partial charge in [-0.1, -0.05) is 18.2 Å². The highest BCUT2D eigenvalue weighted by atomic mass is 19.3. The first-order chi connectivity index (χ1) is 14.2. The summed E-state index contributed by atoms with van der Waals surface area (Å²) in [7, 11) is 3.65. The highest BCUT2D eigenvalue weighted by molar-refractivity contribution is 5.92. The average molecular weight is 412 g/mol. The van der Waals surface area contributed by atoms with Crippen molar-refractivity contribution in [3.8, 4) is 11.3 Å². The molecule has 158 valence electrons. The van der Waals surface area contributed by atoms with E-state index in [-0.39, 0.29) is 24.8 Å². The maximum atomic E-state index is 14.0. The molecule has 1 fully saturated rings. The van der Waals surface area contributed by atoms with E-state index in [1.54, 1.807) is 11.0 Å². The molecule has 0 radical (unpaired) electrons. The minimum atomic E-state index is -2.65. The van der Waals surface area contributed by atoms with E-state index < -0.39 is 5.92 Å². The molecule has 0 unspecified atom stereocenters. The standard InChI is InChI=1S/C23H26F2N4O/c1-15-13-19(30)21(28(2)3)20(26-15)17-14-16-7-4-5-8-18(16)27-22(17)29-11-6-9-23(24,25)10-12-29/h4-5,7-8,13-14H,6,9-12H2,1-3H3,(H,26,30). The molecule has 0 atom stereocenters. The minimum absolute atomic E-state index is 0.0900. The molecule has 3 aromatic rings. The lowest BCUT2D eigenvalue weighted by Crippen LogP contribution is -2.28. The quantitative estimate of drug-likeness (QED) is 0.684. The van der Waals surface area contributed by atoms with Crippen LogP contribution in [-0.4, -0.2) is 43.1 Å². The van der Waals surface area contributed by atoms with Gasteiger partial charge in [0.2, 0.25) is 11.4 Å². The fourth-order valence-electron chi connectivity index (χ4n) is 4.13. The number of benzene rings is 1. The zero-order valence-electron chi connectivity index (χ0n) is 17.5. The maximum absolute atomic E-state index is 14.0. The van der Waals surface area contributed by atoms with Gasteiger partial charge >= 0.3 is 0 Å². The number of fused-ring (bicyclic) bond motifs is 1. The van der Waals surface area contributed by atoms with Gasteiger partial charge in [-0.05, 0) is 25.5 Å². The summed E-state index contributed by atoms with van der Waals surface area (Å²) in [6, 6.07) is 11.3. The SMILES string of the molecule is Cc1cc(=O)c(N(C)C)c(-c2cc3ccccc3nc2N2CCCC(F)(F)CC2)[nH]1. The molecule has 1 aliphatic heterocycles. The van der Waals surface area contributed by atoms with Crippen molar-refractivity contribution in [1.82, 2.24) is 9.97 Å². The highest BCUT2D eigenvalue weighted by Gasteiger charge is 2.33. The number of para-hydroxylation sites is 1. The number of nitrogens with one attached hydrogen (secondary N) is 1. The van der Waals surface area contributed by atoms with Crippen LogP contribution in [0.3, 0.4) is 0 Å². The van der Waals surface area contributed by atoms with Crippen molar-refractivity contribution in [2.45, 2.75) is 32.1 Å². The van der Waals surface area contributed by atoms with Crippen molar-refractivity contribution in [2.75, 3.05) is 37.0 Å². The third-order valence-electron chi connectivity index (χ3n) is 5.58. The van der Waals surface area contributed by atoms with Crippen molar-refractivity contribution in [1.29, 1.82) is 0 Å². The summed E-state index contributed by atoms with van der Waals surface area (Å²) in [4.78, 5) is 24.7. The van der Waals surface area contributed by atoms with Crippen LogP contribution in [0.4, 0.5) is 20.3 Å². The van der Waals surface area contributed by atoms with E-state index >= 15 is 0 Å². The summed E-state index contributed by atoms with van der Waals surface area (Å²) in [5.41, 5.74) is 3.39. The monoisotopic (exact) mass is 412 g/mol. The van der Waals surface area contributed by atoms with Gasteiger partial charge in [-0.15, -0.1) is 0 Å². The molecule has 0 aliphatic carbocycles. The number of rotatable bonds is 3. The molecule has 0 spiro atoms. The van der Waals surface area contributed by atoms with Gasteiger partial charge in [-0.2, -0.15) is 0 Å². The third-order valence-corrected chi connectivity index (χ3v) is 5.58. The van der Waals surface area contributed by atoms with Crippen molar-refractivity contribution in [3.63, 3.8) is 0 Å². The first-order valence-electron chi connectivity index (χ1n) is 10.2. The van der Waals surface area contributed by atoms with Crippen LogP contribution in [0, 0.1) is 6.92 Å². The molecule has 0 bridgehead atoms. The van der Waals surface area contributed by atoms with Crippen molar-refractivity contribution >= 4 is 22.4 Å². The fourth-order valence-corrected chi connectivity index (χ4v) is 4.13. The van der Waals surface area contributed by atoms with Crippen LogP contribution in [0.1, 0.15) is 25.0 Å².